The van der Waals surface area contributed by atoms with Crippen LogP contribution >= 0.6 is 0 Å². The molecule has 2 nitrogen and oxygen atoms in total. The van der Waals surface area contributed by atoms with Crippen LogP contribution in [0.25, 0.3) is 0 Å². The molecule has 2 heteroatoms. The third-order valence-corrected chi connectivity index (χ3v) is 3.77. The molecule has 1 aliphatic carbocycles. The van der Waals surface area contributed by atoms with Gasteiger partial charge in [0.05, 0.1) is 12.3 Å². The Morgan fingerprint density at radius 3 is 2.69 bits per heavy atom. The molecule has 1 N–H and O–H groups in total. The quantitative estimate of drug-likeness (QED) is 0.840. The molecule has 16 heavy (non-hydrogen) atoms. The third-order valence-electron chi connectivity index (χ3n) is 3.77. The summed E-state index contributed by atoms with van der Waals surface area (Å²) < 4.78 is 5.43. The molecular weight excluding hydrogens is 198 g/mol. The van der Waals surface area contributed by atoms with Crippen LogP contribution in [0.3, 0.4) is 0 Å². The number of furan rings is 1. The van der Waals surface area contributed by atoms with Crippen molar-refractivity contribution in [2.24, 2.45) is 11.3 Å². The third kappa shape index (κ3) is 2.49. The molecule has 1 aliphatic rings. The molecule has 2 unspecified atom stereocenters. The first kappa shape index (κ1) is 11.7. The van der Waals surface area contributed by atoms with E-state index >= 15 is 0 Å². The van der Waals surface area contributed by atoms with Gasteiger partial charge in [-0.05, 0) is 43.2 Å². The molecule has 1 saturated carbocycles. The molecule has 0 aromatic carbocycles. The van der Waals surface area contributed by atoms with E-state index in [1.807, 2.05) is 12.1 Å². The topological polar surface area (TPSA) is 25.2 Å². The fourth-order valence-electron chi connectivity index (χ4n) is 3.06. The van der Waals surface area contributed by atoms with Crippen molar-refractivity contribution in [3.05, 3.63) is 24.2 Å². The number of rotatable bonds is 3. The van der Waals surface area contributed by atoms with Gasteiger partial charge in [-0.2, -0.15) is 0 Å². The average molecular weight is 221 g/mol. The van der Waals surface area contributed by atoms with Gasteiger partial charge in [0.25, 0.3) is 0 Å². The van der Waals surface area contributed by atoms with Gasteiger partial charge in [-0.3, -0.25) is 0 Å². The molecule has 0 bridgehead atoms. The monoisotopic (exact) mass is 221 g/mol. The lowest BCUT2D eigenvalue weighted by atomic mass is 9.91. The van der Waals surface area contributed by atoms with E-state index in [9.17, 15) is 0 Å². The second kappa shape index (κ2) is 4.25. The molecule has 0 saturated heterocycles. The highest BCUT2D eigenvalue weighted by atomic mass is 16.3. The van der Waals surface area contributed by atoms with Crippen molar-refractivity contribution in [1.82, 2.24) is 5.32 Å². The Balaban J connectivity index is 1.95. The van der Waals surface area contributed by atoms with E-state index < -0.39 is 0 Å². The van der Waals surface area contributed by atoms with E-state index in [0.717, 1.165) is 11.7 Å². The fourth-order valence-corrected chi connectivity index (χ4v) is 3.06. The van der Waals surface area contributed by atoms with Gasteiger partial charge in [0, 0.05) is 6.04 Å². The van der Waals surface area contributed by atoms with Crippen molar-refractivity contribution >= 4 is 0 Å². The van der Waals surface area contributed by atoms with Gasteiger partial charge < -0.3 is 9.73 Å². The number of hydrogen-bond donors (Lipinski definition) is 1. The first-order valence-corrected chi connectivity index (χ1v) is 6.27. The fraction of sp³-hybridized carbons (Fsp3) is 0.714. The maximum absolute atomic E-state index is 5.43. The minimum absolute atomic E-state index is 0.316. The second-order valence-corrected chi connectivity index (χ2v) is 6.06. The van der Waals surface area contributed by atoms with Crippen LogP contribution in [0.5, 0.6) is 0 Å². The summed E-state index contributed by atoms with van der Waals surface area (Å²) in [5.74, 6) is 1.80. The molecule has 0 radical (unpaired) electrons. The zero-order valence-corrected chi connectivity index (χ0v) is 10.8. The largest absolute Gasteiger partial charge is 0.468 e. The maximum atomic E-state index is 5.43. The van der Waals surface area contributed by atoms with Gasteiger partial charge in [0.15, 0.2) is 0 Å². The van der Waals surface area contributed by atoms with Crippen molar-refractivity contribution < 1.29 is 4.42 Å². The van der Waals surface area contributed by atoms with Gasteiger partial charge in [-0.1, -0.05) is 20.8 Å². The van der Waals surface area contributed by atoms with Crippen molar-refractivity contribution in [1.29, 1.82) is 0 Å². The number of nitrogens with one attached hydrogen (secondary N) is 1. The normalized spacial score (nSPS) is 30.5. The van der Waals surface area contributed by atoms with Crippen LogP contribution < -0.4 is 5.32 Å². The summed E-state index contributed by atoms with van der Waals surface area (Å²) >= 11 is 0. The summed E-state index contributed by atoms with van der Waals surface area (Å²) in [6, 6.07) is 4.93. The van der Waals surface area contributed by atoms with E-state index in [4.69, 9.17) is 4.42 Å². The molecule has 1 aromatic rings. The Kier molecular flexibility index (Phi) is 3.11. The first-order valence-electron chi connectivity index (χ1n) is 6.27. The summed E-state index contributed by atoms with van der Waals surface area (Å²) in [6.07, 6.45) is 4.32. The van der Waals surface area contributed by atoms with Crippen LogP contribution in [0, 0.1) is 11.3 Å². The van der Waals surface area contributed by atoms with Crippen LogP contribution in [-0.4, -0.2) is 6.04 Å². The molecule has 0 spiro atoms. The van der Waals surface area contributed by atoms with Gasteiger partial charge >= 0.3 is 0 Å². The summed E-state index contributed by atoms with van der Waals surface area (Å²) in [5, 5.41) is 3.69. The summed E-state index contributed by atoms with van der Waals surface area (Å²) in [4.78, 5) is 0. The van der Waals surface area contributed by atoms with E-state index in [0.29, 0.717) is 17.5 Å². The lowest BCUT2D eigenvalue weighted by Crippen LogP contribution is -2.33. The Labute approximate surface area is 98.4 Å². The first-order chi connectivity index (χ1) is 7.48. The summed E-state index contributed by atoms with van der Waals surface area (Å²) in [6.45, 7) is 9.25. The molecule has 1 aromatic heterocycles. The second-order valence-electron chi connectivity index (χ2n) is 6.06. The van der Waals surface area contributed by atoms with Crippen LogP contribution in [-0.2, 0) is 0 Å². The summed E-state index contributed by atoms with van der Waals surface area (Å²) in [5.41, 5.74) is 0.486. The molecule has 90 valence electrons. The van der Waals surface area contributed by atoms with E-state index in [1.54, 1.807) is 6.26 Å². The predicted octanol–water partition coefficient (Wildman–Crippen LogP) is 3.75. The highest BCUT2D eigenvalue weighted by molar-refractivity contribution is 5.04. The predicted molar refractivity (Wildman–Crippen MR) is 66.2 cm³/mol. The molecular formula is C14H23NO. The van der Waals surface area contributed by atoms with E-state index in [2.05, 4.69) is 33.0 Å². The maximum Gasteiger partial charge on any atom is 0.120 e. The van der Waals surface area contributed by atoms with E-state index in [-0.39, 0.29) is 0 Å². The SMILES string of the molecule is CC1CC(C)(C)CC1N[C@H](C)c1ccco1. The zero-order chi connectivity index (χ0) is 11.8. The molecule has 0 aliphatic heterocycles. The van der Waals surface area contributed by atoms with Gasteiger partial charge in [0.1, 0.15) is 5.76 Å². The highest BCUT2D eigenvalue weighted by Crippen LogP contribution is 2.41. The standard InChI is InChI=1S/C14H23NO/c1-10-8-14(3,4)9-12(10)15-11(2)13-6-5-7-16-13/h5-7,10-12,15H,8-9H2,1-4H3/t10?,11-,12?/m1/s1. The Hall–Kier alpha value is -0.760. The van der Waals surface area contributed by atoms with Crippen LogP contribution in [0.4, 0.5) is 0 Å². The van der Waals surface area contributed by atoms with Crippen molar-refractivity contribution in [2.75, 3.05) is 0 Å². The Bertz CT molecular complexity index is 329. The van der Waals surface area contributed by atoms with E-state index in [1.165, 1.54) is 12.8 Å². The number of hydrogen-bond acceptors (Lipinski definition) is 2. The van der Waals surface area contributed by atoms with Crippen LogP contribution in [0.2, 0.25) is 0 Å². The lowest BCUT2D eigenvalue weighted by molar-refractivity contribution is 0.338. The van der Waals surface area contributed by atoms with Crippen LogP contribution in [0.15, 0.2) is 22.8 Å². The lowest BCUT2D eigenvalue weighted by Gasteiger charge is -2.22. The molecule has 0 amide bonds. The molecule has 3 atom stereocenters. The smallest absolute Gasteiger partial charge is 0.120 e. The minimum atomic E-state index is 0.316. The minimum Gasteiger partial charge on any atom is -0.468 e. The van der Waals surface area contributed by atoms with Gasteiger partial charge in [-0.15, -0.1) is 0 Å². The molecule has 1 heterocycles. The molecule has 2 rings (SSSR count). The average Bonchev–Trinajstić information content (AvgIpc) is 2.74. The van der Waals surface area contributed by atoms with Crippen molar-refractivity contribution in [3.63, 3.8) is 0 Å². The Morgan fingerprint density at radius 1 is 1.44 bits per heavy atom. The van der Waals surface area contributed by atoms with Gasteiger partial charge in [-0.25, -0.2) is 0 Å². The Morgan fingerprint density at radius 2 is 2.19 bits per heavy atom. The molecule has 1 fully saturated rings. The zero-order valence-electron chi connectivity index (χ0n) is 10.8. The van der Waals surface area contributed by atoms with Crippen molar-refractivity contribution in [2.45, 2.75) is 52.6 Å². The van der Waals surface area contributed by atoms with Gasteiger partial charge in [0.2, 0.25) is 0 Å². The highest BCUT2D eigenvalue weighted by Gasteiger charge is 2.37. The van der Waals surface area contributed by atoms with Crippen LogP contribution in [0.1, 0.15) is 52.3 Å². The van der Waals surface area contributed by atoms with Crippen molar-refractivity contribution in [3.8, 4) is 0 Å². The summed E-state index contributed by atoms with van der Waals surface area (Å²) in [7, 11) is 0.